The molecule has 1 aromatic heterocycles. The fourth-order valence-corrected chi connectivity index (χ4v) is 2.32. The Morgan fingerprint density at radius 3 is 2.45 bits per heavy atom. The van der Waals surface area contributed by atoms with Crippen LogP contribution in [-0.4, -0.2) is 17.4 Å². The van der Waals surface area contributed by atoms with Crippen molar-refractivity contribution in [3.63, 3.8) is 0 Å². The van der Waals surface area contributed by atoms with Crippen LogP contribution in [0.3, 0.4) is 0 Å². The van der Waals surface area contributed by atoms with Crippen molar-refractivity contribution >= 4 is 17.5 Å². The second kappa shape index (κ2) is 10.7. The minimum absolute atomic E-state index is 0.133. The Bertz CT molecular complexity index is 396. The summed E-state index contributed by atoms with van der Waals surface area (Å²) < 4.78 is 0. The summed E-state index contributed by atoms with van der Waals surface area (Å²) >= 11 is 5.87. The van der Waals surface area contributed by atoms with E-state index >= 15 is 0 Å². The predicted molar refractivity (Wildman–Crippen MR) is 84.2 cm³/mol. The van der Waals surface area contributed by atoms with E-state index in [0.717, 1.165) is 6.42 Å². The number of hydrogen-bond acceptors (Lipinski definition) is 2. The van der Waals surface area contributed by atoms with Gasteiger partial charge >= 0.3 is 0 Å². The molecule has 1 N–H and O–H groups in total. The molecule has 0 aliphatic heterocycles. The molecule has 0 radical (unpaired) electrons. The number of hydrogen-bond donors (Lipinski definition) is 1. The second-order valence-corrected chi connectivity index (χ2v) is 5.43. The summed E-state index contributed by atoms with van der Waals surface area (Å²) in [7, 11) is 0. The van der Waals surface area contributed by atoms with Crippen molar-refractivity contribution in [1.29, 1.82) is 0 Å². The van der Waals surface area contributed by atoms with E-state index in [9.17, 15) is 4.79 Å². The van der Waals surface area contributed by atoms with Crippen LogP contribution >= 0.6 is 11.6 Å². The topological polar surface area (TPSA) is 42.0 Å². The number of halogens is 1. The minimum atomic E-state index is -0.133. The zero-order chi connectivity index (χ0) is 14.6. The van der Waals surface area contributed by atoms with Gasteiger partial charge in [0.2, 0.25) is 0 Å². The van der Waals surface area contributed by atoms with Gasteiger partial charge in [-0.15, -0.1) is 0 Å². The first-order valence-corrected chi connectivity index (χ1v) is 8.02. The van der Waals surface area contributed by atoms with Crippen molar-refractivity contribution in [1.82, 2.24) is 10.3 Å². The number of unbranched alkanes of at least 4 members (excludes halogenated alkanes) is 7. The lowest BCUT2D eigenvalue weighted by atomic mass is 10.1. The van der Waals surface area contributed by atoms with Gasteiger partial charge in [0, 0.05) is 12.7 Å². The molecule has 0 bridgehead atoms. The molecule has 0 unspecified atom stereocenters. The van der Waals surface area contributed by atoms with Crippen molar-refractivity contribution in [2.75, 3.05) is 6.54 Å². The molecule has 1 aromatic rings. The molecule has 1 amide bonds. The molecule has 0 atom stereocenters. The average Bonchev–Trinajstić information content (AvgIpc) is 2.46. The van der Waals surface area contributed by atoms with Crippen LogP contribution in [0.25, 0.3) is 0 Å². The molecule has 0 saturated heterocycles. The lowest BCUT2D eigenvalue weighted by Crippen LogP contribution is -2.24. The highest BCUT2D eigenvalue weighted by Gasteiger charge is 2.09. The Hall–Kier alpha value is -1.09. The van der Waals surface area contributed by atoms with Crippen molar-refractivity contribution in [2.24, 2.45) is 0 Å². The van der Waals surface area contributed by atoms with Gasteiger partial charge in [-0.3, -0.25) is 4.79 Å². The Balaban J connectivity index is 2.04. The average molecular weight is 297 g/mol. The highest BCUT2D eigenvalue weighted by Crippen LogP contribution is 2.11. The third-order valence-corrected chi connectivity index (χ3v) is 3.62. The van der Waals surface area contributed by atoms with E-state index in [1.165, 1.54) is 44.9 Å². The molecule has 3 nitrogen and oxygen atoms in total. The molecule has 0 aromatic carbocycles. The standard InChI is InChI=1S/C16H25ClN2O/c1-2-3-4-5-6-7-8-9-12-19-16(20)14-11-10-13-18-15(14)17/h10-11,13H,2-9,12H2,1H3,(H,19,20). The van der Waals surface area contributed by atoms with Crippen molar-refractivity contribution in [2.45, 2.75) is 58.3 Å². The quantitative estimate of drug-likeness (QED) is 0.506. The first-order valence-electron chi connectivity index (χ1n) is 7.64. The lowest BCUT2D eigenvalue weighted by Gasteiger charge is -2.06. The van der Waals surface area contributed by atoms with Crippen LogP contribution in [0.15, 0.2) is 18.3 Å². The molecule has 0 aliphatic rings. The fraction of sp³-hybridized carbons (Fsp3) is 0.625. The number of rotatable bonds is 10. The van der Waals surface area contributed by atoms with Gasteiger partial charge < -0.3 is 5.32 Å². The molecular formula is C16H25ClN2O. The summed E-state index contributed by atoms with van der Waals surface area (Å²) in [6.07, 6.45) is 11.7. The normalized spacial score (nSPS) is 10.5. The molecule has 1 rings (SSSR count). The number of nitrogens with one attached hydrogen (secondary N) is 1. The van der Waals surface area contributed by atoms with Crippen LogP contribution in [0.2, 0.25) is 5.15 Å². The maximum absolute atomic E-state index is 11.8. The third-order valence-electron chi connectivity index (χ3n) is 3.32. The van der Waals surface area contributed by atoms with Crippen LogP contribution in [0.5, 0.6) is 0 Å². The number of aromatic nitrogens is 1. The van der Waals surface area contributed by atoms with E-state index in [1.807, 2.05) is 0 Å². The smallest absolute Gasteiger partial charge is 0.254 e. The first-order chi connectivity index (χ1) is 9.75. The number of carbonyl (C=O) groups excluding carboxylic acids is 1. The largest absolute Gasteiger partial charge is 0.352 e. The Kier molecular flexibility index (Phi) is 9.05. The molecule has 0 spiro atoms. The zero-order valence-corrected chi connectivity index (χ0v) is 13.1. The monoisotopic (exact) mass is 296 g/mol. The summed E-state index contributed by atoms with van der Waals surface area (Å²) in [5, 5.41) is 3.15. The first kappa shape index (κ1) is 17.0. The SMILES string of the molecule is CCCCCCCCCCNC(=O)c1cccnc1Cl. The molecule has 20 heavy (non-hydrogen) atoms. The van der Waals surface area contributed by atoms with Crippen molar-refractivity contribution in [3.05, 3.63) is 29.0 Å². The molecule has 1 heterocycles. The van der Waals surface area contributed by atoms with Crippen molar-refractivity contribution < 1.29 is 4.79 Å². The lowest BCUT2D eigenvalue weighted by molar-refractivity contribution is 0.0952. The van der Waals surface area contributed by atoms with E-state index in [0.29, 0.717) is 12.1 Å². The van der Waals surface area contributed by atoms with E-state index in [2.05, 4.69) is 17.2 Å². The van der Waals surface area contributed by atoms with Crippen molar-refractivity contribution in [3.8, 4) is 0 Å². The Morgan fingerprint density at radius 2 is 1.80 bits per heavy atom. The van der Waals surface area contributed by atoms with Gasteiger partial charge in [0.15, 0.2) is 0 Å². The summed E-state index contributed by atoms with van der Waals surface area (Å²) in [5.74, 6) is -0.133. The van der Waals surface area contributed by atoms with E-state index < -0.39 is 0 Å². The number of amides is 1. The predicted octanol–water partition coefficient (Wildman–Crippen LogP) is 4.61. The van der Waals surface area contributed by atoms with Gasteiger partial charge in [-0.2, -0.15) is 0 Å². The van der Waals surface area contributed by atoms with Gasteiger partial charge in [-0.1, -0.05) is 63.5 Å². The van der Waals surface area contributed by atoms with Crippen LogP contribution < -0.4 is 5.32 Å². The summed E-state index contributed by atoms with van der Waals surface area (Å²) in [6.45, 7) is 2.94. The van der Waals surface area contributed by atoms with E-state index in [-0.39, 0.29) is 11.1 Å². The van der Waals surface area contributed by atoms with Crippen LogP contribution in [-0.2, 0) is 0 Å². The van der Waals surface area contributed by atoms with Gasteiger partial charge in [0.1, 0.15) is 5.15 Å². The number of pyridine rings is 1. The highest BCUT2D eigenvalue weighted by atomic mass is 35.5. The molecule has 0 aliphatic carbocycles. The van der Waals surface area contributed by atoms with Gasteiger partial charge in [-0.25, -0.2) is 4.98 Å². The third kappa shape index (κ3) is 6.90. The molecule has 0 fully saturated rings. The molecule has 4 heteroatoms. The van der Waals surface area contributed by atoms with E-state index in [1.54, 1.807) is 18.3 Å². The van der Waals surface area contributed by atoms with Crippen LogP contribution in [0.1, 0.15) is 68.6 Å². The minimum Gasteiger partial charge on any atom is -0.352 e. The second-order valence-electron chi connectivity index (χ2n) is 5.07. The molecule has 0 saturated carbocycles. The Labute approximate surface area is 127 Å². The van der Waals surface area contributed by atoms with Crippen LogP contribution in [0.4, 0.5) is 0 Å². The highest BCUT2D eigenvalue weighted by molar-refractivity contribution is 6.32. The fourth-order valence-electron chi connectivity index (χ4n) is 2.11. The molecular weight excluding hydrogens is 272 g/mol. The zero-order valence-electron chi connectivity index (χ0n) is 12.3. The summed E-state index contributed by atoms with van der Waals surface area (Å²) in [6, 6.07) is 3.41. The van der Waals surface area contributed by atoms with Gasteiger partial charge in [-0.05, 0) is 18.6 Å². The summed E-state index contributed by atoms with van der Waals surface area (Å²) in [4.78, 5) is 15.7. The van der Waals surface area contributed by atoms with Gasteiger partial charge in [0.05, 0.1) is 5.56 Å². The number of carbonyl (C=O) groups is 1. The van der Waals surface area contributed by atoms with Crippen LogP contribution in [0, 0.1) is 0 Å². The van der Waals surface area contributed by atoms with Gasteiger partial charge in [0.25, 0.3) is 5.91 Å². The molecule has 112 valence electrons. The Morgan fingerprint density at radius 1 is 1.15 bits per heavy atom. The summed E-state index contributed by atoms with van der Waals surface area (Å²) in [5.41, 5.74) is 0.453. The maximum Gasteiger partial charge on any atom is 0.254 e. The maximum atomic E-state index is 11.8. The number of nitrogens with zero attached hydrogens (tertiary/aromatic N) is 1. The van der Waals surface area contributed by atoms with E-state index in [4.69, 9.17) is 11.6 Å².